The van der Waals surface area contributed by atoms with Crippen LogP contribution in [0.3, 0.4) is 0 Å². The first-order valence-electron chi connectivity index (χ1n) is 28.5. The van der Waals surface area contributed by atoms with Crippen molar-refractivity contribution in [3.05, 3.63) is 144 Å². The molecule has 0 bridgehead atoms. The third kappa shape index (κ3) is 13.0. The first-order chi connectivity index (χ1) is 41.7. The minimum absolute atomic E-state index is 0.0199. The summed E-state index contributed by atoms with van der Waals surface area (Å²) in [5.41, 5.74) is 3.00. The highest BCUT2D eigenvalue weighted by Gasteiger charge is 2.42. The molecule has 8 heterocycles. The van der Waals surface area contributed by atoms with Crippen LogP contribution in [0.5, 0.6) is 23.0 Å². The van der Waals surface area contributed by atoms with E-state index < -0.39 is 58.9 Å². The van der Waals surface area contributed by atoms with Crippen molar-refractivity contribution in [1.29, 1.82) is 0 Å². The lowest BCUT2D eigenvalue weighted by molar-refractivity contribution is 0.168. The Kier molecular flexibility index (Phi) is 18.8. The zero-order valence-electron chi connectivity index (χ0n) is 51.8. The van der Waals surface area contributed by atoms with Gasteiger partial charge in [-0.15, -0.1) is 20.4 Å². The van der Waals surface area contributed by atoms with Gasteiger partial charge in [0.1, 0.15) is 68.6 Å². The number of benzene rings is 2. The second-order valence-corrected chi connectivity index (χ2v) is 39.2. The van der Waals surface area contributed by atoms with Crippen LogP contribution < -0.4 is 27.6 Å². The number of hydrogen-bond donors (Lipinski definition) is 2. The lowest BCUT2D eigenvalue weighted by Crippen LogP contribution is -2.44. The molecule has 0 amide bonds. The van der Waals surface area contributed by atoms with Gasteiger partial charge < -0.3 is 38.0 Å². The monoisotopic (exact) mass is 1280 g/mol. The van der Waals surface area contributed by atoms with E-state index in [1.807, 2.05) is 26.0 Å². The summed E-state index contributed by atoms with van der Waals surface area (Å²) in [4.78, 5) is 0. The van der Waals surface area contributed by atoms with Crippen molar-refractivity contribution in [2.24, 2.45) is 0 Å². The number of aliphatic hydroxyl groups excluding tert-OH is 2. The molecule has 0 unspecified atom stereocenters. The average Bonchev–Trinajstić information content (AvgIpc) is 2.30. The van der Waals surface area contributed by atoms with Crippen LogP contribution in [0.25, 0.3) is 45.6 Å². The third-order valence-electron chi connectivity index (χ3n) is 15.0. The smallest absolute Gasteiger partial charge is 0.246 e. The first kappa shape index (κ1) is 64.2. The number of sulfonamides is 2. The SMILES string of the molecule is COc1cccc(OC)c1-n1c(-c2ccc(C)o2)nnc1N(CC[Si](C)(C)C)S(=O)(=O)[C@@H](C)[C@@H](O)c1cccc2ccnn12.COc1cccc(OC)c1-n1c(-c2ccc(C)o2)nnc1N(CC[Si](C)(C)C)S(=O)(=O)[C@H](C)[C@H](O)c1cccc2ccnn12. The molecule has 2 aromatic carbocycles. The van der Waals surface area contributed by atoms with E-state index in [2.05, 4.69) is 69.9 Å². The topological polar surface area (TPSA) is 274 Å². The van der Waals surface area contributed by atoms with E-state index >= 15 is 0 Å². The molecule has 0 saturated heterocycles. The summed E-state index contributed by atoms with van der Waals surface area (Å²) < 4.78 is 102. The molecule has 0 aliphatic heterocycles. The average molecular weight is 1280 g/mol. The van der Waals surface area contributed by atoms with Crippen molar-refractivity contribution >= 4 is 59.1 Å². The van der Waals surface area contributed by atoms with Crippen molar-refractivity contribution in [3.8, 4) is 57.5 Å². The summed E-state index contributed by atoms with van der Waals surface area (Å²) in [7, 11) is -6.03. The summed E-state index contributed by atoms with van der Waals surface area (Å²) >= 11 is 0. The normalized spacial score (nSPS) is 13.6. The van der Waals surface area contributed by atoms with Crippen LogP contribution in [0.15, 0.2) is 130 Å². The van der Waals surface area contributed by atoms with E-state index in [0.717, 1.165) is 11.0 Å². The van der Waals surface area contributed by atoms with Crippen LogP contribution in [0, 0.1) is 13.8 Å². The van der Waals surface area contributed by atoms with Gasteiger partial charge in [0.25, 0.3) is 0 Å². The number of anilines is 2. The summed E-state index contributed by atoms with van der Waals surface area (Å²) in [6.07, 6.45) is 0.405. The van der Waals surface area contributed by atoms with Crippen LogP contribution in [0.1, 0.15) is 49.0 Å². The van der Waals surface area contributed by atoms with Crippen molar-refractivity contribution in [1.82, 2.24) is 48.8 Å². The fourth-order valence-corrected chi connectivity index (χ4v) is 15.2. The van der Waals surface area contributed by atoms with Gasteiger partial charge in [-0.05, 0) is 125 Å². The van der Waals surface area contributed by atoms with Gasteiger partial charge >= 0.3 is 0 Å². The number of methoxy groups -OCH3 is 4. The zero-order valence-corrected chi connectivity index (χ0v) is 55.5. The Labute approximate surface area is 514 Å². The van der Waals surface area contributed by atoms with Gasteiger partial charge in [-0.3, -0.25) is 9.13 Å². The maximum absolute atomic E-state index is 14.7. The number of fused-ring (bicyclic) bond motifs is 2. The minimum atomic E-state index is -4.28. The molecule has 10 aromatic rings. The fourth-order valence-electron chi connectivity index (χ4n) is 9.97. The molecule has 468 valence electrons. The number of nitrogens with zero attached hydrogens (tertiary/aromatic N) is 12. The number of aliphatic hydroxyl groups is 2. The lowest BCUT2D eigenvalue weighted by Gasteiger charge is -2.31. The maximum atomic E-state index is 14.7. The van der Waals surface area contributed by atoms with Gasteiger partial charge in [-0.25, -0.2) is 34.5 Å². The van der Waals surface area contributed by atoms with Crippen LogP contribution >= 0.6 is 0 Å². The van der Waals surface area contributed by atoms with Gasteiger partial charge in [-0.2, -0.15) is 10.2 Å². The molecule has 0 aliphatic carbocycles. The minimum Gasteiger partial charge on any atom is -0.494 e. The summed E-state index contributed by atoms with van der Waals surface area (Å²) in [5.74, 6) is 4.28. The van der Waals surface area contributed by atoms with E-state index in [4.69, 9.17) is 27.8 Å². The molecular weight excluding hydrogens is 1200 g/mol. The first-order valence-corrected chi connectivity index (χ1v) is 38.9. The van der Waals surface area contributed by atoms with E-state index in [-0.39, 0.29) is 36.6 Å². The maximum Gasteiger partial charge on any atom is 0.246 e. The van der Waals surface area contributed by atoms with E-state index in [1.165, 1.54) is 50.9 Å². The van der Waals surface area contributed by atoms with Crippen LogP contribution in [0.2, 0.25) is 51.4 Å². The Balaban J connectivity index is 0.000000209. The second-order valence-electron chi connectivity index (χ2n) is 23.6. The Morgan fingerprint density at radius 1 is 0.500 bits per heavy atom. The summed E-state index contributed by atoms with van der Waals surface area (Å²) in [5, 5.41) is 46.9. The van der Waals surface area contributed by atoms with E-state index in [0.29, 0.717) is 80.9 Å². The van der Waals surface area contributed by atoms with Gasteiger partial charge in [-0.1, -0.05) is 63.5 Å². The van der Waals surface area contributed by atoms with Gasteiger partial charge in [0, 0.05) is 41.6 Å². The molecule has 0 radical (unpaired) electrons. The lowest BCUT2D eigenvalue weighted by atomic mass is 10.2. The number of ether oxygens (including phenoxy) is 4. The van der Waals surface area contributed by atoms with Crippen molar-refractivity contribution in [2.45, 2.75) is 102 Å². The molecule has 24 nitrogen and oxygen atoms in total. The molecule has 8 aromatic heterocycles. The van der Waals surface area contributed by atoms with E-state index in [9.17, 15) is 27.0 Å². The standard InChI is InChI=1S/2C30H38N6O6SSi/c2*1-20-14-15-26(42-20)29-32-33-30(35(29)27-24(40-3)12-9-13-25(27)41-4)34(18-19-44(5,6)7)43(38,39)21(2)28(37)23-11-8-10-22-16-17-31-36(22)23/h2*8-17,21,28,37H,18-19H2,1-7H3/t2*21-,28+/m10/s1. The molecule has 0 fully saturated rings. The Bertz CT molecular complexity index is 3980. The Morgan fingerprint density at radius 3 is 1.15 bits per heavy atom. The number of rotatable bonds is 24. The van der Waals surface area contributed by atoms with Gasteiger partial charge in [0.2, 0.25) is 43.6 Å². The van der Waals surface area contributed by atoms with E-state index in [1.54, 1.807) is 128 Å². The number of hydrogen-bond acceptors (Lipinski definition) is 18. The number of pyridine rings is 2. The highest BCUT2D eigenvalue weighted by molar-refractivity contribution is 7.93. The Morgan fingerprint density at radius 2 is 0.841 bits per heavy atom. The molecule has 10 rings (SSSR count). The predicted molar refractivity (Wildman–Crippen MR) is 342 cm³/mol. The summed E-state index contributed by atoms with van der Waals surface area (Å²) in [6.45, 7) is 19.8. The third-order valence-corrected chi connectivity index (χ3v) is 22.8. The van der Waals surface area contributed by atoms with Crippen molar-refractivity contribution < 1.29 is 54.8 Å². The summed E-state index contributed by atoms with van der Waals surface area (Å²) in [6, 6.07) is 33.0. The molecular formula is C60H76N12O12S2Si2. The van der Waals surface area contributed by atoms with Crippen LogP contribution in [-0.2, 0) is 20.0 Å². The quantitative estimate of drug-likeness (QED) is 0.0532. The fraction of sp³-hybridized carbons (Fsp3) is 0.367. The highest BCUT2D eigenvalue weighted by Crippen LogP contribution is 2.43. The van der Waals surface area contributed by atoms with Crippen LogP contribution in [0.4, 0.5) is 11.9 Å². The van der Waals surface area contributed by atoms with Crippen LogP contribution in [-0.4, -0.2) is 144 Å². The predicted octanol–water partition coefficient (Wildman–Crippen LogP) is 10.2. The number of para-hydroxylation sites is 2. The van der Waals surface area contributed by atoms with Gasteiger partial charge in [0.05, 0.1) is 50.9 Å². The molecule has 0 saturated carbocycles. The Hall–Kier alpha value is -8.29. The number of aryl methyl sites for hydroxylation is 2. The molecule has 0 aliphatic rings. The largest absolute Gasteiger partial charge is 0.494 e. The zero-order chi connectivity index (χ0) is 63.6. The van der Waals surface area contributed by atoms with Crippen molar-refractivity contribution in [2.75, 3.05) is 50.1 Å². The molecule has 0 spiro atoms. The number of aromatic nitrogens is 10. The highest BCUT2D eigenvalue weighted by atomic mass is 32.2. The second kappa shape index (κ2) is 25.8. The van der Waals surface area contributed by atoms with Crippen molar-refractivity contribution in [3.63, 3.8) is 0 Å². The molecule has 28 heteroatoms. The molecule has 2 N–H and O–H groups in total. The molecule has 4 atom stereocenters. The van der Waals surface area contributed by atoms with Gasteiger partial charge in [0.15, 0.2) is 11.5 Å². The number of furan rings is 2. The molecule has 88 heavy (non-hydrogen) atoms.